The Morgan fingerprint density at radius 1 is 1.31 bits per heavy atom. The fourth-order valence-electron chi connectivity index (χ4n) is 1.52. The molecule has 0 spiro atoms. The Bertz CT molecular complexity index is 419. The molecule has 1 aromatic carbocycles. The van der Waals surface area contributed by atoms with Gasteiger partial charge in [-0.1, -0.05) is 18.2 Å². The van der Waals surface area contributed by atoms with E-state index in [0.717, 1.165) is 16.9 Å². The summed E-state index contributed by atoms with van der Waals surface area (Å²) in [6, 6.07) is 5.79. The van der Waals surface area contributed by atoms with Crippen molar-refractivity contribution in [3.05, 3.63) is 34.9 Å². The number of hydrogen-bond donors (Lipinski definition) is 0. The summed E-state index contributed by atoms with van der Waals surface area (Å²) >= 11 is 0. The van der Waals surface area contributed by atoms with Crippen LogP contribution in [0.1, 0.15) is 18.1 Å². The highest BCUT2D eigenvalue weighted by atomic mass is 16.5. The van der Waals surface area contributed by atoms with Crippen LogP contribution in [0.4, 0.5) is 0 Å². The smallest absolute Gasteiger partial charge is 0.333 e. The van der Waals surface area contributed by atoms with E-state index >= 15 is 0 Å². The van der Waals surface area contributed by atoms with E-state index < -0.39 is 0 Å². The van der Waals surface area contributed by atoms with Crippen LogP contribution >= 0.6 is 0 Å². The second kappa shape index (κ2) is 5.35. The molecule has 0 unspecified atom stereocenters. The van der Waals surface area contributed by atoms with Crippen LogP contribution in [0.5, 0.6) is 5.75 Å². The van der Waals surface area contributed by atoms with Crippen LogP contribution in [0, 0.1) is 6.92 Å². The van der Waals surface area contributed by atoms with E-state index in [1.54, 1.807) is 20.1 Å². The summed E-state index contributed by atoms with van der Waals surface area (Å²) in [5, 5.41) is 0. The molecule has 16 heavy (non-hydrogen) atoms. The van der Waals surface area contributed by atoms with Gasteiger partial charge in [0.15, 0.2) is 0 Å². The van der Waals surface area contributed by atoms with Gasteiger partial charge in [-0.3, -0.25) is 0 Å². The van der Waals surface area contributed by atoms with Crippen LogP contribution in [0.3, 0.4) is 0 Å². The predicted molar refractivity (Wildman–Crippen MR) is 63.4 cm³/mol. The third-order valence-corrected chi connectivity index (χ3v) is 2.33. The van der Waals surface area contributed by atoms with Crippen molar-refractivity contribution in [2.24, 2.45) is 0 Å². The van der Waals surface area contributed by atoms with E-state index in [1.165, 1.54) is 7.11 Å². The molecule has 1 rings (SSSR count). The first-order valence-corrected chi connectivity index (χ1v) is 5.00. The number of benzene rings is 1. The molecule has 0 saturated carbocycles. The van der Waals surface area contributed by atoms with Crippen molar-refractivity contribution >= 4 is 12.0 Å². The van der Waals surface area contributed by atoms with Gasteiger partial charge in [-0.25, -0.2) is 4.79 Å². The van der Waals surface area contributed by atoms with Crippen LogP contribution in [-0.4, -0.2) is 20.2 Å². The zero-order valence-electron chi connectivity index (χ0n) is 10.0. The van der Waals surface area contributed by atoms with Gasteiger partial charge in [0.2, 0.25) is 0 Å². The highest BCUT2D eigenvalue weighted by Crippen LogP contribution is 2.25. The number of ether oxygens (including phenoxy) is 2. The Labute approximate surface area is 95.7 Å². The van der Waals surface area contributed by atoms with Crippen molar-refractivity contribution < 1.29 is 14.3 Å². The minimum absolute atomic E-state index is 0.330. The highest BCUT2D eigenvalue weighted by Gasteiger charge is 2.07. The lowest BCUT2D eigenvalue weighted by atomic mass is 10.1. The van der Waals surface area contributed by atoms with E-state index in [9.17, 15) is 4.79 Å². The summed E-state index contributed by atoms with van der Waals surface area (Å²) in [5.74, 6) is 0.453. The molecule has 0 aliphatic carbocycles. The second-order valence-electron chi connectivity index (χ2n) is 3.52. The Hall–Kier alpha value is -1.77. The van der Waals surface area contributed by atoms with E-state index in [2.05, 4.69) is 4.74 Å². The molecule has 0 saturated heterocycles. The van der Waals surface area contributed by atoms with Crippen molar-refractivity contribution in [1.29, 1.82) is 0 Å². The lowest BCUT2D eigenvalue weighted by molar-refractivity contribution is -0.135. The average molecular weight is 220 g/mol. The number of para-hydroxylation sites is 1. The average Bonchev–Trinajstić information content (AvgIpc) is 2.28. The molecule has 0 heterocycles. The van der Waals surface area contributed by atoms with Gasteiger partial charge in [0.05, 0.1) is 14.2 Å². The molecule has 0 bridgehead atoms. The number of methoxy groups -OCH3 is 2. The maximum atomic E-state index is 11.3. The lowest BCUT2D eigenvalue weighted by Gasteiger charge is -2.08. The Kier molecular flexibility index (Phi) is 4.11. The lowest BCUT2D eigenvalue weighted by Crippen LogP contribution is -2.01. The monoisotopic (exact) mass is 220 g/mol. The fraction of sp³-hybridized carbons (Fsp3) is 0.308. The van der Waals surface area contributed by atoms with Gasteiger partial charge in [-0.05, 0) is 25.5 Å². The molecular weight excluding hydrogens is 204 g/mol. The van der Waals surface area contributed by atoms with Gasteiger partial charge in [0.1, 0.15) is 5.75 Å². The largest absolute Gasteiger partial charge is 0.496 e. The van der Waals surface area contributed by atoms with Crippen molar-refractivity contribution in [3.63, 3.8) is 0 Å². The van der Waals surface area contributed by atoms with Crippen LogP contribution in [0.15, 0.2) is 23.8 Å². The Morgan fingerprint density at radius 2 is 2.00 bits per heavy atom. The van der Waals surface area contributed by atoms with Gasteiger partial charge in [-0.2, -0.15) is 0 Å². The third kappa shape index (κ3) is 2.63. The number of hydrogen-bond acceptors (Lipinski definition) is 3. The Morgan fingerprint density at radius 3 is 2.56 bits per heavy atom. The first-order valence-electron chi connectivity index (χ1n) is 5.00. The molecule has 0 aromatic heterocycles. The normalized spacial score (nSPS) is 11.1. The minimum Gasteiger partial charge on any atom is -0.496 e. The molecule has 86 valence electrons. The van der Waals surface area contributed by atoms with Gasteiger partial charge in [0.25, 0.3) is 0 Å². The molecule has 0 N–H and O–H groups in total. The Balaban J connectivity index is 3.14. The van der Waals surface area contributed by atoms with Gasteiger partial charge in [0, 0.05) is 11.1 Å². The molecule has 1 aromatic rings. The molecule has 0 aliphatic rings. The number of carbonyl (C=O) groups is 1. The highest BCUT2D eigenvalue weighted by molar-refractivity contribution is 5.93. The van der Waals surface area contributed by atoms with Gasteiger partial charge in [-0.15, -0.1) is 0 Å². The third-order valence-electron chi connectivity index (χ3n) is 2.33. The summed E-state index contributed by atoms with van der Waals surface area (Å²) < 4.78 is 9.93. The van der Waals surface area contributed by atoms with Crippen LogP contribution in [0.2, 0.25) is 0 Å². The molecule has 0 atom stereocenters. The SMILES string of the molecule is COC(=O)/C(C)=C/c1cccc(C)c1OC. The predicted octanol–water partition coefficient (Wildman–Crippen LogP) is 2.58. The molecule has 0 fully saturated rings. The first kappa shape index (κ1) is 12.3. The number of rotatable bonds is 3. The summed E-state index contributed by atoms with van der Waals surface area (Å²) in [4.78, 5) is 11.3. The maximum absolute atomic E-state index is 11.3. The summed E-state index contributed by atoms with van der Waals surface area (Å²) in [5.41, 5.74) is 2.46. The topological polar surface area (TPSA) is 35.5 Å². The molecule has 0 amide bonds. The van der Waals surface area contributed by atoms with Crippen LogP contribution in [0.25, 0.3) is 6.08 Å². The van der Waals surface area contributed by atoms with Gasteiger partial charge >= 0.3 is 5.97 Å². The summed E-state index contributed by atoms with van der Waals surface area (Å²) in [6.45, 7) is 3.68. The number of aryl methyl sites for hydroxylation is 1. The minimum atomic E-state index is -0.330. The van der Waals surface area contributed by atoms with Crippen molar-refractivity contribution in [2.45, 2.75) is 13.8 Å². The maximum Gasteiger partial charge on any atom is 0.333 e. The number of esters is 1. The summed E-state index contributed by atoms with van der Waals surface area (Å²) in [6.07, 6.45) is 1.76. The second-order valence-corrected chi connectivity index (χ2v) is 3.52. The zero-order valence-corrected chi connectivity index (χ0v) is 10.0. The standard InChI is InChI=1S/C13H16O3/c1-9-6-5-7-11(12(9)15-3)8-10(2)13(14)16-4/h5-8H,1-4H3/b10-8+. The van der Waals surface area contributed by atoms with E-state index in [-0.39, 0.29) is 5.97 Å². The van der Waals surface area contributed by atoms with Crippen molar-refractivity contribution in [2.75, 3.05) is 14.2 Å². The fourth-order valence-corrected chi connectivity index (χ4v) is 1.52. The summed E-state index contributed by atoms with van der Waals surface area (Å²) in [7, 11) is 2.99. The molecule has 0 aliphatic heterocycles. The first-order chi connectivity index (χ1) is 7.60. The molecular formula is C13H16O3. The van der Waals surface area contributed by atoms with Crippen molar-refractivity contribution in [1.82, 2.24) is 0 Å². The zero-order chi connectivity index (χ0) is 12.1. The van der Waals surface area contributed by atoms with Crippen molar-refractivity contribution in [3.8, 4) is 5.75 Å². The molecule has 0 radical (unpaired) electrons. The molecule has 3 heteroatoms. The van der Waals surface area contributed by atoms with Crippen LogP contribution in [-0.2, 0) is 9.53 Å². The number of carbonyl (C=O) groups excluding carboxylic acids is 1. The van der Waals surface area contributed by atoms with E-state index in [0.29, 0.717) is 5.57 Å². The quantitative estimate of drug-likeness (QED) is 0.580. The van der Waals surface area contributed by atoms with Crippen LogP contribution < -0.4 is 4.74 Å². The van der Waals surface area contributed by atoms with E-state index in [4.69, 9.17) is 4.74 Å². The van der Waals surface area contributed by atoms with E-state index in [1.807, 2.05) is 25.1 Å². The van der Waals surface area contributed by atoms with Gasteiger partial charge < -0.3 is 9.47 Å². The molecule has 3 nitrogen and oxygen atoms in total.